The Morgan fingerprint density at radius 1 is 1.17 bits per heavy atom. The summed E-state index contributed by atoms with van der Waals surface area (Å²) in [6.45, 7) is 0. The minimum atomic E-state index is -0.227. The maximum atomic E-state index is 12.1. The van der Waals surface area contributed by atoms with Gasteiger partial charge in [-0.1, -0.05) is 41.9 Å². The molecule has 1 aliphatic rings. The Labute approximate surface area is 146 Å². The van der Waals surface area contributed by atoms with Crippen molar-refractivity contribution in [1.29, 1.82) is 0 Å². The van der Waals surface area contributed by atoms with Gasteiger partial charge in [0.2, 0.25) is 0 Å². The van der Waals surface area contributed by atoms with Gasteiger partial charge < -0.3 is 9.73 Å². The van der Waals surface area contributed by atoms with Gasteiger partial charge in [-0.3, -0.25) is 4.79 Å². The van der Waals surface area contributed by atoms with Crippen LogP contribution in [0.15, 0.2) is 62.8 Å². The second-order valence-corrected chi connectivity index (χ2v) is 6.41. The summed E-state index contributed by atoms with van der Waals surface area (Å²) in [6.07, 6.45) is 1.73. The molecule has 4 rings (SSSR count). The van der Waals surface area contributed by atoms with Crippen LogP contribution in [0.5, 0.6) is 0 Å². The van der Waals surface area contributed by atoms with E-state index in [0.717, 1.165) is 11.1 Å². The minimum absolute atomic E-state index is 0.206. The second-order valence-electron chi connectivity index (χ2n) is 4.97. The first kappa shape index (κ1) is 15.0. The van der Waals surface area contributed by atoms with Crippen molar-refractivity contribution in [2.24, 2.45) is 4.99 Å². The van der Waals surface area contributed by atoms with E-state index in [-0.39, 0.29) is 11.9 Å². The summed E-state index contributed by atoms with van der Waals surface area (Å²) in [5.74, 6) is -0.227. The van der Waals surface area contributed by atoms with Gasteiger partial charge in [-0.25, -0.2) is 0 Å². The van der Waals surface area contributed by atoms with Gasteiger partial charge in [-0.05, 0) is 41.6 Å². The highest BCUT2D eigenvalue weighted by molar-refractivity contribution is 8.18. The van der Waals surface area contributed by atoms with Gasteiger partial charge >= 0.3 is 6.01 Å². The minimum Gasteiger partial charge on any atom is -0.422 e. The average molecular weight is 356 g/mol. The average Bonchev–Trinajstić information content (AvgIpc) is 3.12. The molecule has 1 amide bonds. The molecule has 0 bridgehead atoms. The number of carbonyl (C=O) groups is 1. The maximum Gasteiger partial charge on any atom is 0.325 e. The van der Waals surface area contributed by atoms with Crippen molar-refractivity contribution in [3.63, 3.8) is 0 Å². The molecule has 0 spiro atoms. The molecular formula is C17H10ClN3O2S. The summed E-state index contributed by atoms with van der Waals surface area (Å²) in [6, 6.07) is 14.9. The third-order valence-electron chi connectivity index (χ3n) is 3.32. The van der Waals surface area contributed by atoms with Gasteiger partial charge in [-0.2, -0.15) is 9.98 Å². The standard InChI is InChI=1S/C17H10ClN3O2S/c18-11-6-2-1-5-10(11)9-14-15(22)20-17(24-14)21-16-19-12-7-3-4-8-13(12)23-16/h1-9H,(H,19,20,21,22)/b14-9+. The summed E-state index contributed by atoms with van der Waals surface area (Å²) in [4.78, 5) is 21.1. The van der Waals surface area contributed by atoms with Crippen molar-refractivity contribution in [3.05, 3.63) is 64.0 Å². The fraction of sp³-hybridized carbons (Fsp3) is 0. The number of thioether (sulfide) groups is 1. The number of hydrogen-bond acceptors (Lipinski definition) is 5. The van der Waals surface area contributed by atoms with Crippen molar-refractivity contribution < 1.29 is 9.21 Å². The van der Waals surface area contributed by atoms with Crippen LogP contribution < -0.4 is 5.32 Å². The van der Waals surface area contributed by atoms with Crippen molar-refractivity contribution in [3.8, 4) is 0 Å². The number of nitrogens with zero attached hydrogens (tertiary/aromatic N) is 2. The van der Waals surface area contributed by atoms with E-state index in [1.165, 1.54) is 11.8 Å². The Balaban J connectivity index is 1.62. The Kier molecular flexibility index (Phi) is 3.84. The number of amidine groups is 1. The third-order valence-corrected chi connectivity index (χ3v) is 4.58. The molecule has 118 valence electrons. The zero-order chi connectivity index (χ0) is 16.5. The Morgan fingerprint density at radius 2 is 1.96 bits per heavy atom. The molecule has 0 saturated carbocycles. The van der Waals surface area contributed by atoms with Crippen molar-refractivity contribution in [1.82, 2.24) is 10.3 Å². The first-order valence-corrected chi connectivity index (χ1v) is 8.28. The Hall–Kier alpha value is -2.57. The van der Waals surface area contributed by atoms with Crippen LogP contribution in [0.4, 0.5) is 6.01 Å². The molecule has 0 radical (unpaired) electrons. The SMILES string of the molecule is O=C1N/C(=N\c2nc3ccccc3o2)S/C1=C/c1ccccc1Cl. The topological polar surface area (TPSA) is 67.5 Å². The van der Waals surface area contributed by atoms with Crippen LogP contribution in [0.25, 0.3) is 17.2 Å². The third kappa shape index (κ3) is 2.93. The molecule has 1 aliphatic heterocycles. The molecule has 1 fully saturated rings. The molecule has 7 heteroatoms. The molecule has 2 heterocycles. The van der Waals surface area contributed by atoms with Crippen molar-refractivity contribution in [2.75, 3.05) is 0 Å². The molecule has 1 saturated heterocycles. The predicted octanol–water partition coefficient (Wildman–Crippen LogP) is 4.37. The molecule has 24 heavy (non-hydrogen) atoms. The van der Waals surface area contributed by atoms with Crippen LogP contribution in [-0.4, -0.2) is 16.1 Å². The molecule has 0 atom stereocenters. The molecule has 5 nitrogen and oxygen atoms in total. The number of fused-ring (bicyclic) bond motifs is 1. The van der Waals surface area contributed by atoms with Crippen LogP contribution in [-0.2, 0) is 4.79 Å². The maximum absolute atomic E-state index is 12.1. The number of aliphatic imine (C=N–C) groups is 1. The van der Waals surface area contributed by atoms with E-state index in [2.05, 4.69) is 15.3 Å². The monoisotopic (exact) mass is 355 g/mol. The summed E-state index contributed by atoms with van der Waals surface area (Å²) in [5, 5.41) is 3.71. The summed E-state index contributed by atoms with van der Waals surface area (Å²) >= 11 is 7.34. The molecule has 0 aliphatic carbocycles. The highest BCUT2D eigenvalue weighted by Crippen LogP contribution is 2.30. The van der Waals surface area contributed by atoms with E-state index in [9.17, 15) is 4.79 Å². The van der Waals surface area contributed by atoms with Crippen LogP contribution in [0, 0.1) is 0 Å². The lowest BCUT2D eigenvalue weighted by atomic mass is 10.2. The van der Waals surface area contributed by atoms with Gasteiger partial charge in [-0.15, -0.1) is 0 Å². The Morgan fingerprint density at radius 3 is 2.79 bits per heavy atom. The van der Waals surface area contributed by atoms with Gasteiger partial charge in [0.25, 0.3) is 5.91 Å². The zero-order valence-electron chi connectivity index (χ0n) is 12.2. The van der Waals surface area contributed by atoms with Crippen molar-refractivity contribution in [2.45, 2.75) is 0 Å². The number of para-hydroxylation sites is 2. The molecule has 1 aromatic heterocycles. The van der Waals surface area contributed by atoms with Gasteiger partial charge in [0, 0.05) is 5.02 Å². The molecular weight excluding hydrogens is 346 g/mol. The number of halogens is 1. The smallest absolute Gasteiger partial charge is 0.325 e. The normalized spacial score (nSPS) is 17.8. The largest absolute Gasteiger partial charge is 0.422 e. The lowest BCUT2D eigenvalue weighted by molar-refractivity contribution is -0.115. The summed E-state index contributed by atoms with van der Waals surface area (Å²) in [5.41, 5.74) is 2.15. The second kappa shape index (κ2) is 6.14. The number of rotatable bonds is 2. The number of amides is 1. The van der Waals surface area contributed by atoms with Gasteiger partial charge in [0.1, 0.15) is 5.52 Å². The quantitative estimate of drug-likeness (QED) is 0.693. The zero-order valence-corrected chi connectivity index (χ0v) is 13.8. The first-order valence-electron chi connectivity index (χ1n) is 7.09. The van der Waals surface area contributed by atoms with Gasteiger partial charge in [0.15, 0.2) is 10.8 Å². The van der Waals surface area contributed by atoms with E-state index in [1.807, 2.05) is 42.5 Å². The number of hydrogen-bond donors (Lipinski definition) is 1. The molecule has 0 unspecified atom stereocenters. The number of oxazole rings is 1. The van der Waals surface area contributed by atoms with E-state index in [1.54, 1.807) is 12.1 Å². The fourth-order valence-electron chi connectivity index (χ4n) is 2.21. The van der Waals surface area contributed by atoms with E-state index in [4.69, 9.17) is 16.0 Å². The Bertz CT molecular complexity index is 977. The number of aromatic nitrogens is 1. The number of carbonyl (C=O) groups excluding carboxylic acids is 1. The van der Waals surface area contributed by atoms with E-state index >= 15 is 0 Å². The van der Waals surface area contributed by atoms with Gasteiger partial charge in [0.05, 0.1) is 4.91 Å². The lowest BCUT2D eigenvalue weighted by Crippen LogP contribution is -2.19. The lowest BCUT2D eigenvalue weighted by Gasteiger charge is -1.97. The van der Waals surface area contributed by atoms with Crippen LogP contribution >= 0.6 is 23.4 Å². The highest BCUT2D eigenvalue weighted by atomic mass is 35.5. The van der Waals surface area contributed by atoms with Crippen LogP contribution in [0.2, 0.25) is 5.02 Å². The summed E-state index contributed by atoms with van der Waals surface area (Å²) in [7, 11) is 0. The number of benzene rings is 2. The van der Waals surface area contributed by atoms with Crippen LogP contribution in [0.3, 0.4) is 0 Å². The molecule has 2 aromatic carbocycles. The van der Waals surface area contributed by atoms with Crippen molar-refractivity contribution >= 4 is 57.6 Å². The molecule has 3 aromatic rings. The van der Waals surface area contributed by atoms with E-state index < -0.39 is 0 Å². The van der Waals surface area contributed by atoms with Crippen LogP contribution in [0.1, 0.15) is 5.56 Å². The summed E-state index contributed by atoms with van der Waals surface area (Å²) < 4.78 is 5.53. The predicted molar refractivity (Wildman–Crippen MR) is 96.3 cm³/mol. The highest BCUT2D eigenvalue weighted by Gasteiger charge is 2.24. The fourth-order valence-corrected chi connectivity index (χ4v) is 3.20. The first-order chi connectivity index (χ1) is 11.7. The van der Waals surface area contributed by atoms with E-state index in [0.29, 0.717) is 20.7 Å². The number of nitrogens with one attached hydrogen (secondary N) is 1. The molecule has 1 N–H and O–H groups in total.